The van der Waals surface area contributed by atoms with Gasteiger partial charge in [-0.05, 0) is 85.5 Å². The molecule has 1 aliphatic heterocycles. The van der Waals surface area contributed by atoms with E-state index in [1.807, 2.05) is 6.92 Å². The Kier molecular flexibility index (Phi) is 7.51. The van der Waals surface area contributed by atoms with E-state index in [-0.39, 0.29) is 24.3 Å². The van der Waals surface area contributed by atoms with Crippen LogP contribution in [0.15, 0.2) is 36.4 Å². The molecular weight excluding hydrogens is 482 g/mol. The van der Waals surface area contributed by atoms with Gasteiger partial charge in [-0.3, -0.25) is 19.8 Å². The number of nitriles is 1. The number of benzene rings is 2. The molecule has 0 unspecified atom stereocenters. The number of fused-ring (bicyclic) bond motifs is 2. The molecule has 0 spiro atoms. The maximum Gasteiger partial charge on any atom is 0.248 e. The van der Waals surface area contributed by atoms with Gasteiger partial charge in [0.25, 0.3) is 0 Å². The molecule has 1 aliphatic carbocycles. The monoisotopic (exact) mass is 515 g/mol. The van der Waals surface area contributed by atoms with Gasteiger partial charge in [0.05, 0.1) is 18.0 Å². The number of likely N-dealkylation sites (tertiary alicyclic amines) is 1. The number of amides is 3. The first kappa shape index (κ1) is 26.8. The van der Waals surface area contributed by atoms with Crippen LogP contribution in [0.4, 0.5) is 0 Å². The van der Waals surface area contributed by atoms with E-state index < -0.39 is 23.3 Å². The number of amidine groups is 1. The van der Waals surface area contributed by atoms with Gasteiger partial charge < -0.3 is 27.4 Å². The molecule has 1 saturated heterocycles. The molecule has 4 rings (SSSR count). The highest BCUT2D eigenvalue weighted by atomic mass is 16.2. The smallest absolute Gasteiger partial charge is 0.248 e. The number of primary amides is 2. The maximum atomic E-state index is 12.8. The van der Waals surface area contributed by atoms with Crippen LogP contribution in [0.25, 0.3) is 0 Å². The van der Waals surface area contributed by atoms with Crippen LogP contribution >= 0.6 is 0 Å². The van der Waals surface area contributed by atoms with E-state index in [0.717, 1.165) is 28.7 Å². The standard InChI is InChI=1S/C28H33N7O3/c1-16(34-15-24(36)35-10-2-3-21(35)14-29)13-28(27(32)33)22-8-6-19(25(30)37)11-17(22)4-5-18-12-20(26(31)38)7-9-23(18)28/h6-9,11-12,16,21,34H,2-5,10,13,15H2,1H3,(H2,30,37)(H2,31,38)(H3,32,33)/t16-,21-/m0/s1. The van der Waals surface area contributed by atoms with Gasteiger partial charge in [-0.1, -0.05) is 12.1 Å². The van der Waals surface area contributed by atoms with Crippen molar-refractivity contribution in [3.8, 4) is 6.07 Å². The minimum Gasteiger partial charge on any atom is -0.387 e. The zero-order valence-corrected chi connectivity index (χ0v) is 21.4. The van der Waals surface area contributed by atoms with E-state index >= 15 is 0 Å². The molecule has 2 atom stereocenters. The van der Waals surface area contributed by atoms with Gasteiger partial charge in [-0.2, -0.15) is 5.26 Å². The Balaban J connectivity index is 1.74. The number of nitrogens with zero attached hydrogens (tertiary/aromatic N) is 2. The summed E-state index contributed by atoms with van der Waals surface area (Å²) >= 11 is 0. The summed E-state index contributed by atoms with van der Waals surface area (Å²) in [5, 5.41) is 21.4. The number of rotatable bonds is 8. The Labute approximate surface area is 221 Å². The van der Waals surface area contributed by atoms with Crippen LogP contribution in [-0.2, 0) is 23.1 Å². The average molecular weight is 516 g/mol. The molecular formula is C28H33N7O3. The molecule has 1 fully saturated rings. The summed E-state index contributed by atoms with van der Waals surface area (Å²) < 4.78 is 0. The van der Waals surface area contributed by atoms with Gasteiger partial charge >= 0.3 is 0 Å². The Morgan fingerprint density at radius 3 is 2.11 bits per heavy atom. The van der Waals surface area contributed by atoms with Crippen LogP contribution in [0.1, 0.15) is 69.2 Å². The van der Waals surface area contributed by atoms with E-state index in [1.165, 1.54) is 0 Å². The average Bonchev–Trinajstić information content (AvgIpc) is 3.33. The van der Waals surface area contributed by atoms with Crippen LogP contribution in [0.5, 0.6) is 0 Å². The highest BCUT2D eigenvalue weighted by Gasteiger charge is 2.44. The summed E-state index contributed by atoms with van der Waals surface area (Å²) in [6, 6.07) is 11.9. The summed E-state index contributed by atoms with van der Waals surface area (Å²) in [5.74, 6) is -1.34. The minimum atomic E-state index is -1.09. The van der Waals surface area contributed by atoms with Crippen LogP contribution in [0.2, 0.25) is 0 Å². The first-order valence-corrected chi connectivity index (χ1v) is 12.7. The van der Waals surface area contributed by atoms with E-state index in [4.69, 9.17) is 22.6 Å². The fraction of sp³-hybridized carbons (Fsp3) is 0.393. The van der Waals surface area contributed by atoms with Crippen molar-refractivity contribution < 1.29 is 14.4 Å². The molecule has 2 aromatic rings. The number of nitrogens with two attached hydrogens (primary N) is 3. The lowest BCUT2D eigenvalue weighted by atomic mass is 9.67. The largest absolute Gasteiger partial charge is 0.387 e. The summed E-state index contributed by atoms with van der Waals surface area (Å²) in [6.45, 7) is 2.54. The Morgan fingerprint density at radius 1 is 1.08 bits per heavy atom. The van der Waals surface area contributed by atoms with Crippen molar-refractivity contribution in [1.82, 2.24) is 10.2 Å². The highest BCUT2D eigenvalue weighted by Crippen LogP contribution is 2.43. The number of nitrogens with one attached hydrogen (secondary N) is 2. The molecule has 2 aliphatic rings. The van der Waals surface area contributed by atoms with Crippen molar-refractivity contribution in [2.75, 3.05) is 13.1 Å². The van der Waals surface area contributed by atoms with E-state index in [1.54, 1.807) is 41.3 Å². The van der Waals surface area contributed by atoms with Gasteiger partial charge in [-0.25, -0.2) is 0 Å². The molecule has 0 bridgehead atoms. The van der Waals surface area contributed by atoms with E-state index in [0.29, 0.717) is 43.4 Å². The van der Waals surface area contributed by atoms with Crippen LogP contribution in [-0.4, -0.2) is 53.6 Å². The molecule has 3 amide bonds. The third kappa shape index (κ3) is 4.85. The molecule has 38 heavy (non-hydrogen) atoms. The van der Waals surface area contributed by atoms with Gasteiger partial charge in [-0.15, -0.1) is 0 Å². The SMILES string of the molecule is C[C@@H](CC1(C(=N)N)c2ccc(C(N)=O)cc2CCc2cc(C(N)=O)ccc21)NCC(=O)N1CCC[C@H]1C#N. The summed E-state index contributed by atoms with van der Waals surface area (Å²) in [5.41, 5.74) is 20.4. The summed E-state index contributed by atoms with van der Waals surface area (Å²) in [7, 11) is 0. The molecule has 1 heterocycles. The van der Waals surface area contributed by atoms with Crippen molar-refractivity contribution >= 4 is 23.6 Å². The Hall–Kier alpha value is -4.23. The lowest BCUT2D eigenvalue weighted by Gasteiger charge is -2.38. The molecule has 198 valence electrons. The zero-order chi connectivity index (χ0) is 27.6. The fourth-order valence-corrected chi connectivity index (χ4v) is 5.87. The number of hydrogen-bond donors (Lipinski definition) is 5. The highest BCUT2D eigenvalue weighted by molar-refractivity contribution is 5.97. The number of carbonyl (C=O) groups excluding carboxylic acids is 3. The Bertz CT molecular complexity index is 1280. The van der Waals surface area contributed by atoms with Crippen molar-refractivity contribution in [3.05, 3.63) is 69.8 Å². The van der Waals surface area contributed by atoms with Crippen molar-refractivity contribution in [2.24, 2.45) is 17.2 Å². The quantitative estimate of drug-likeness (QED) is 0.258. The molecule has 0 saturated carbocycles. The molecule has 2 aromatic carbocycles. The fourth-order valence-electron chi connectivity index (χ4n) is 5.87. The van der Waals surface area contributed by atoms with Gasteiger partial charge in [0.15, 0.2) is 0 Å². The Morgan fingerprint density at radius 2 is 1.63 bits per heavy atom. The van der Waals surface area contributed by atoms with Crippen molar-refractivity contribution in [2.45, 2.75) is 56.5 Å². The number of aryl methyl sites for hydroxylation is 2. The minimum absolute atomic E-state index is 0.0499. The molecule has 8 N–H and O–H groups in total. The summed E-state index contributed by atoms with van der Waals surface area (Å²) in [6.07, 6.45) is 2.92. The van der Waals surface area contributed by atoms with Gasteiger partial charge in [0, 0.05) is 23.7 Å². The number of hydrogen-bond acceptors (Lipinski definition) is 6. The van der Waals surface area contributed by atoms with Crippen molar-refractivity contribution in [1.29, 1.82) is 10.7 Å². The topological polar surface area (TPSA) is 192 Å². The van der Waals surface area contributed by atoms with E-state index in [9.17, 15) is 19.6 Å². The second kappa shape index (κ2) is 10.6. The lowest BCUT2D eigenvalue weighted by Crippen LogP contribution is -2.49. The predicted octanol–water partition coefficient (Wildman–Crippen LogP) is 1.09. The number of carbonyl (C=O) groups is 3. The predicted molar refractivity (Wildman–Crippen MR) is 142 cm³/mol. The third-order valence-electron chi connectivity index (χ3n) is 7.76. The summed E-state index contributed by atoms with van der Waals surface area (Å²) in [4.78, 5) is 38.3. The third-order valence-corrected chi connectivity index (χ3v) is 7.76. The first-order valence-electron chi connectivity index (χ1n) is 12.7. The molecule has 10 nitrogen and oxygen atoms in total. The second-order valence-corrected chi connectivity index (χ2v) is 10.2. The lowest BCUT2D eigenvalue weighted by molar-refractivity contribution is -0.130. The first-order chi connectivity index (χ1) is 18.1. The van der Waals surface area contributed by atoms with Crippen LogP contribution < -0.4 is 22.5 Å². The van der Waals surface area contributed by atoms with Gasteiger partial charge in [0.1, 0.15) is 11.9 Å². The van der Waals surface area contributed by atoms with Gasteiger partial charge in [0.2, 0.25) is 17.7 Å². The van der Waals surface area contributed by atoms with Crippen LogP contribution in [0.3, 0.4) is 0 Å². The second-order valence-electron chi connectivity index (χ2n) is 10.2. The van der Waals surface area contributed by atoms with Crippen molar-refractivity contribution in [3.63, 3.8) is 0 Å². The molecule has 0 aromatic heterocycles. The van der Waals surface area contributed by atoms with E-state index in [2.05, 4.69) is 11.4 Å². The van der Waals surface area contributed by atoms with Crippen LogP contribution in [0, 0.1) is 16.7 Å². The molecule has 0 radical (unpaired) electrons. The maximum absolute atomic E-state index is 12.8. The molecule has 10 heteroatoms. The normalized spacial score (nSPS) is 18.4. The zero-order valence-electron chi connectivity index (χ0n) is 21.4.